The lowest BCUT2D eigenvalue weighted by Crippen LogP contribution is -2.13. The zero-order valence-electron chi connectivity index (χ0n) is 13.0. The molecule has 2 heterocycles. The van der Waals surface area contributed by atoms with E-state index in [-0.39, 0.29) is 5.75 Å². The lowest BCUT2D eigenvalue weighted by atomic mass is 10.0. The number of carboxylic acids is 1. The minimum atomic E-state index is -0.823. The number of thioether (sulfide) groups is 1. The van der Waals surface area contributed by atoms with Gasteiger partial charge in [-0.15, -0.1) is 0 Å². The summed E-state index contributed by atoms with van der Waals surface area (Å²) in [7, 11) is 1.91. The molecule has 0 amide bonds. The fourth-order valence-electron chi connectivity index (χ4n) is 2.52. The first-order valence-electron chi connectivity index (χ1n) is 7.22. The van der Waals surface area contributed by atoms with E-state index < -0.39 is 5.97 Å². The maximum atomic E-state index is 10.8. The van der Waals surface area contributed by atoms with Crippen molar-refractivity contribution in [2.75, 3.05) is 5.75 Å². The van der Waals surface area contributed by atoms with Gasteiger partial charge >= 0.3 is 5.97 Å². The molecule has 0 aliphatic heterocycles. The zero-order valence-corrected chi connectivity index (χ0v) is 13.8. The molecule has 0 radical (unpaired) electrons. The smallest absolute Gasteiger partial charge is 0.313 e. The van der Waals surface area contributed by atoms with E-state index in [1.165, 1.54) is 11.8 Å². The van der Waals surface area contributed by atoms with Crippen LogP contribution in [0.1, 0.15) is 32.4 Å². The molecule has 2 rings (SSSR count). The maximum absolute atomic E-state index is 10.8. The Labute approximate surface area is 128 Å². The molecule has 21 heavy (non-hydrogen) atoms. The second-order valence-corrected chi connectivity index (χ2v) is 6.19. The minimum absolute atomic E-state index is 0.0265. The van der Waals surface area contributed by atoms with Gasteiger partial charge < -0.3 is 9.67 Å². The van der Waals surface area contributed by atoms with Crippen molar-refractivity contribution in [1.82, 2.24) is 19.3 Å². The summed E-state index contributed by atoms with van der Waals surface area (Å²) >= 11 is 1.28. The first kappa shape index (κ1) is 15.9. The van der Waals surface area contributed by atoms with Crippen LogP contribution in [-0.2, 0) is 18.4 Å². The van der Waals surface area contributed by atoms with E-state index in [0.717, 1.165) is 41.4 Å². The molecule has 0 atom stereocenters. The van der Waals surface area contributed by atoms with Crippen LogP contribution in [0.4, 0.5) is 0 Å². The second kappa shape index (κ2) is 6.51. The van der Waals surface area contributed by atoms with Gasteiger partial charge in [-0.1, -0.05) is 38.5 Å². The number of imidazole rings is 1. The van der Waals surface area contributed by atoms with Crippen molar-refractivity contribution >= 4 is 28.9 Å². The fourth-order valence-corrected chi connectivity index (χ4v) is 3.25. The van der Waals surface area contributed by atoms with E-state index >= 15 is 0 Å². The number of hydrogen-bond acceptors (Lipinski definition) is 4. The normalized spacial score (nSPS) is 11.7. The number of rotatable bonds is 7. The molecule has 0 bridgehead atoms. The molecule has 6 nitrogen and oxygen atoms in total. The third-order valence-corrected chi connectivity index (χ3v) is 4.74. The Morgan fingerprint density at radius 3 is 2.62 bits per heavy atom. The van der Waals surface area contributed by atoms with Crippen LogP contribution >= 0.6 is 11.8 Å². The van der Waals surface area contributed by atoms with Gasteiger partial charge in [0.25, 0.3) is 0 Å². The van der Waals surface area contributed by atoms with Gasteiger partial charge in [0.05, 0.1) is 11.4 Å². The molecule has 2 aromatic heterocycles. The summed E-state index contributed by atoms with van der Waals surface area (Å²) in [5.74, 6) is -0.239. The van der Waals surface area contributed by atoms with Crippen LogP contribution in [0.3, 0.4) is 0 Å². The molecule has 1 N–H and O–H groups in total. The predicted octanol–water partition coefficient (Wildman–Crippen LogP) is 2.69. The quantitative estimate of drug-likeness (QED) is 0.796. The number of hydrogen-bond donors (Lipinski definition) is 1. The van der Waals surface area contributed by atoms with Crippen molar-refractivity contribution in [3.8, 4) is 0 Å². The number of nitrogens with zero attached hydrogens (tertiary/aromatic N) is 4. The van der Waals surface area contributed by atoms with Crippen molar-refractivity contribution in [2.45, 2.75) is 45.3 Å². The van der Waals surface area contributed by atoms with Crippen LogP contribution in [0, 0.1) is 12.8 Å². The van der Waals surface area contributed by atoms with E-state index in [0.29, 0.717) is 5.92 Å². The summed E-state index contributed by atoms with van der Waals surface area (Å²) in [6.07, 6.45) is 2.19. The van der Waals surface area contributed by atoms with E-state index in [1.807, 2.05) is 18.7 Å². The highest BCUT2D eigenvalue weighted by Gasteiger charge is 2.20. The van der Waals surface area contributed by atoms with Gasteiger partial charge in [-0.2, -0.15) is 5.10 Å². The standard InChI is InChI=1S/C14H22N4O2S/c1-5-10(6-2)7-18-13-12(9(3)16-17(13)4)15-14(18)21-8-11(19)20/h10H,5-8H2,1-4H3,(H,19,20). The number of aromatic nitrogens is 4. The topological polar surface area (TPSA) is 72.9 Å². The summed E-state index contributed by atoms with van der Waals surface area (Å²) in [6, 6.07) is 0. The van der Waals surface area contributed by atoms with Crippen LogP contribution in [0.2, 0.25) is 0 Å². The maximum Gasteiger partial charge on any atom is 0.313 e. The Morgan fingerprint density at radius 2 is 2.05 bits per heavy atom. The van der Waals surface area contributed by atoms with Crippen molar-refractivity contribution in [2.24, 2.45) is 13.0 Å². The molecule has 0 spiro atoms. The van der Waals surface area contributed by atoms with Gasteiger partial charge in [0, 0.05) is 13.6 Å². The number of fused-ring (bicyclic) bond motifs is 1. The number of aryl methyl sites for hydroxylation is 2. The van der Waals surface area contributed by atoms with Gasteiger partial charge in [0.2, 0.25) is 0 Å². The zero-order chi connectivity index (χ0) is 15.6. The summed E-state index contributed by atoms with van der Waals surface area (Å²) in [5.41, 5.74) is 2.73. The minimum Gasteiger partial charge on any atom is -0.481 e. The van der Waals surface area contributed by atoms with Crippen LogP contribution < -0.4 is 0 Å². The molecule has 7 heteroatoms. The molecule has 0 unspecified atom stereocenters. The van der Waals surface area contributed by atoms with Crippen LogP contribution in [0.5, 0.6) is 0 Å². The molecule has 0 fully saturated rings. The molecule has 0 saturated heterocycles. The number of carboxylic acid groups (broad SMARTS) is 1. The van der Waals surface area contributed by atoms with Gasteiger partial charge in [0.1, 0.15) is 5.52 Å². The van der Waals surface area contributed by atoms with Crippen LogP contribution in [0.15, 0.2) is 5.16 Å². The monoisotopic (exact) mass is 310 g/mol. The number of aliphatic carboxylic acids is 1. The van der Waals surface area contributed by atoms with Crippen molar-refractivity contribution in [3.63, 3.8) is 0 Å². The Balaban J connectivity index is 2.45. The van der Waals surface area contributed by atoms with Gasteiger partial charge in [-0.25, -0.2) is 4.98 Å². The summed E-state index contributed by atoms with van der Waals surface area (Å²) in [4.78, 5) is 15.4. The van der Waals surface area contributed by atoms with Gasteiger partial charge in [0.15, 0.2) is 10.8 Å². The van der Waals surface area contributed by atoms with E-state index in [4.69, 9.17) is 5.11 Å². The van der Waals surface area contributed by atoms with Crippen molar-refractivity contribution in [1.29, 1.82) is 0 Å². The Hall–Kier alpha value is -1.50. The largest absolute Gasteiger partial charge is 0.481 e. The SMILES string of the molecule is CCC(CC)Cn1c(SCC(=O)O)nc2c(C)nn(C)c21. The molecule has 0 aliphatic carbocycles. The first-order valence-corrected chi connectivity index (χ1v) is 8.20. The predicted molar refractivity (Wildman–Crippen MR) is 83.7 cm³/mol. The van der Waals surface area contributed by atoms with Crippen LogP contribution in [-0.4, -0.2) is 36.2 Å². The lowest BCUT2D eigenvalue weighted by molar-refractivity contribution is -0.133. The summed E-state index contributed by atoms with van der Waals surface area (Å²) in [6.45, 7) is 7.15. The lowest BCUT2D eigenvalue weighted by Gasteiger charge is -2.15. The third kappa shape index (κ3) is 3.23. The highest BCUT2D eigenvalue weighted by molar-refractivity contribution is 7.99. The Morgan fingerprint density at radius 1 is 1.38 bits per heavy atom. The molecule has 0 aromatic carbocycles. The van der Waals surface area contributed by atoms with E-state index in [9.17, 15) is 4.79 Å². The Kier molecular flexibility index (Phi) is 4.92. The Bertz CT molecular complexity index is 643. The first-order chi connectivity index (χ1) is 9.97. The molecule has 2 aromatic rings. The second-order valence-electron chi connectivity index (χ2n) is 5.25. The summed E-state index contributed by atoms with van der Waals surface area (Å²) < 4.78 is 3.96. The molecule has 0 aliphatic rings. The third-order valence-electron chi connectivity index (χ3n) is 3.78. The van der Waals surface area contributed by atoms with Crippen LogP contribution in [0.25, 0.3) is 11.2 Å². The fraction of sp³-hybridized carbons (Fsp3) is 0.643. The molecule has 0 saturated carbocycles. The van der Waals surface area contributed by atoms with Crippen molar-refractivity contribution in [3.05, 3.63) is 5.69 Å². The highest BCUT2D eigenvalue weighted by atomic mass is 32.2. The van der Waals surface area contributed by atoms with Crippen molar-refractivity contribution < 1.29 is 9.90 Å². The number of carbonyl (C=O) groups is 1. The average Bonchev–Trinajstić information content (AvgIpc) is 2.93. The molecule has 116 valence electrons. The van der Waals surface area contributed by atoms with E-state index in [1.54, 1.807) is 0 Å². The van der Waals surface area contributed by atoms with E-state index in [2.05, 4.69) is 28.5 Å². The summed E-state index contributed by atoms with van der Waals surface area (Å²) in [5, 5.41) is 14.1. The average molecular weight is 310 g/mol. The molecular weight excluding hydrogens is 288 g/mol. The van der Waals surface area contributed by atoms with Gasteiger partial charge in [-0.3, -0.25) is 9.48 Å². The molecular formula is C14H22N4O2S. The van der Waals surface area contributed by atoms with Gasteiger partial charge in [-0.05, 0) is 12.8 Å². The highest BCUT2D eigenvalue weighted by Crippen LogP contribution is 2.27.